The highest BCUT2D eigenvalue weighted by Gasteiger charge is 2.26. The standard InChI is InChI=1S/C17H15F2NO/c1-11-4-2-5-12-6-3-9-20(16(11)12)17(21)14-10-13(18)7-8-15(14)19/h2,4-5,7-8,10H,3,6,9H2,1H3. The van der Waals surface area contributed by atoms with E-state index in [1.807, 2.05) is 25.1 Å². The Labute approximate surface area is 122 Å². The van der Waals surface area contributed by atoms with Crippen LogP contribution < -0.4 is 4.90 Å². The molecule has 0 saturated heterocycles. The number of para-hydroxylation sites is 1. The first-order valence-electron chi connectivity index (χ1n) is 6.93. The Balaban J connectivity index is 2.06. The van der Waals surface area contributed by atoms with Gasteiger partial charge in [-0.2, -0.15) is 0 Å². The molecule has 0 unspecified atom stereocenters. The second kappa shape index (κ2) is 5.28. The van der Waals surface area contributed by atoms with Crippen LogP contribution in [0.15, 0.2) is 36.4 Å². The molecule has 0 fully saturated rings. The first-order chi connectivity index (χ1) is 10.1. The van der Waals surface area contributed by atoms with Gasteiger partial charge in [-0.05, 0) is 49.1 Å². The van der Waals surface area contributed by atoms with Crippen LogP contribution >= 0.6 is 0 Å². The molecule has 21 heavy (non-hydrogen) atoms. The summed E-state index contributed by atoms with van der Waals surface area (Å²) in [5, 5.41) is 0. The fourth-order valence-corrected chi connectivity index (χ4v) is 2.86. The molecule has 2 aromatic carbocycles. The number of benzene rings is 2. The largest absolute Gasteiger partial charge is 0.308 e. The summed E-state index contributed by atoms with van der Waals surface area (Å²) in [6.07, 6.45) is 1.71. The fraction of sp³-hybridized carbons (Fsp3) is 0.235. The lowest BCUT2D eigenvalue weighted by atomic mass is 9.97. The molecule has 0 N–H and O–H groups in total. The fourth-order valence-electron chi connectivity index (χ4n) is 2.86. The number of hydrogen-bond acceptors (Lipinski definition) is 1. The molecule has 1 aliphatic rings. The van der Waals surface area contributed by atoms with E-state index in [1.165, 1.54) is 0 Å². The van der Waals surface area contributed by atoms with E-state index in [2.05, 4.69) is 0 Å². The maximum atomic E-state index is 13.8. The van der Waals surface area contributed by atoms with Crippen molar-refractivity contribution in [3.05, 3.63) is 64.7 Å². The molecule has 0 spiro atoms. The average Bonchev–Trinajstić information content (AvgIpc) is 2.49. The highest BCUT2D eigenvalue weighted by Crippen LogP contribution is 2.32. The van der Waals surface area contributed by atoms with Crippen LogP contribution in [0.2, 0.25) is 0 Å². The molecule has 2 nitrogen and oxygen atoms in total. The van der Waals surface area contributed by atoms with Crippen LogP contribution in [0.3, 0.4) is 0 Å². The third-order valence-electron chi connectivity index (χ3n) is 3.82. The smallest absolute Gasteiger partial charge is 0.261 e. The van der Waals surface area contributed by atoms with E-state index < -0.39 is 17.5 Å². The number of carbonyl (C=O) groups excluding carboxylic acids is 1. The minimum atomic E-state index is -0.692. The van der Waals surface area contributed by atoms with Crippen LogP contribution in [0.25, 0.3) is 0 Å². The van der Waals surface area contributed by atoms with Gasteiger partial charge in [0, 0.05) is 6.54 Å². The molecule has 0 aromatic heterocycles. The minimum absolute atomic E-state index is 0.217. The second-order valence-electron chi connectivity index (χ2n) is 5.27. The van der Waals surface area contributed by atoms with Gasteiger partial charge in [0.05, 0.1) is 11.3 Å². The highest BCUT2D eigenvalue weighted by atomic mass is 19.1. The summed E-state index contributed by atoms with van der Waals surface area (Å²) < 4.78 is 27.1. The van der Waals surface area contributed by atoms with E-state index in [9.17, 15) is 13.6 Å². The summed E-state index contributed by atoms with van der Waals surface area (Å²) in [4.78, 5) is 14.2. The predicted octanol–water partition coefficient (Wildman–Crippen LogP) is 3.87. The summed E-state index contributed by atoms with van der Waals surface area (Å²) >= 11 is 0. The van der Waals surface area contributed by atoms with Crippen molar-refractivity contribution < 1.29 is 13.6 Å². The van der Waals surface area contributed by atoms with Crippen LogP contribution in [-0.2, 0) is 6.42 Å². The molecule has 1 amide bonds. The van der Waals surface area contributed by atoms with E-state index in [1.54, 1.807) is 4.90 Å². The Hall–Kier alpha value is -2.23. The van der Waals surface area contributed by atoms with Crippen molar-refractivity contribution in [3.63, 3.8) is 0 Å². The highest BCUT2D eigenvalue weighted by molar-refractivity contribution is 6.07. The molecule has 0 radical (unpaired) electrons. The maximum Gasteiger partial charge on any atom is 0.261 e. The second-order valence-corrected chi connectivity index (χ2v) is 5.27. The number of fused-ring (bicyclic) bond motifs is 1. The van der Waals surface area contributed by atoms with Crippen LogP contribution in [-0.4, -0.2) is 12.5 Å². The molecule has 1 heterocycles. The molecule has 4 heteroatoms. The lowest BCUT2D eigenvalue weighted by Gasteiger charge is -2.31. The number of hydrogen-bond donors (Lipinski definition) is 0. The monoisotopic (exact) mass is 287 g/mol. The van der Waals surface area contributed by atoms with Gasteiger partial charge in [-0.1, -0.05) is 18.2 Å². The quantitative estimate of drug-likeness (QED) is 0.779. The summed E-state index contributed by atoms with van der Waals surface area (Å²) in [6, 6.07) is 8.82. The lowest BCUT2D eigenvalue weighted by molar-refractivity contribution is 0.0980. The van der Waals surface area contributed by atoms with Crippen molar-refractivity contribution in [2.24, 2.45) is 0 Å². The van der Waals surface area contributed by atoms with Gasteiger partial charge in [-0.3, -0.25) is 4.79 Å². The van der Waals surface area contributed by atoms with Crippen LogP contribution in [0.1, 0.15) is 27.9 Å². The molecular formula is C17H15F2NO. The Morgan fingerprint density at radius 1 is 1.19 bits per heavy atom. The zero-order chi connectivity index (χ0) is 15.0. The lowest BCUT2D eigenvalue weighted by Crippen LogP contribution is -2.36. The van der Waals surface area contributed by atoms with Crippen molar-refractivity contribution in [2.45, 2.75) is 19.8 Å². The molecule has 0 aliphatic carbocycles. The van der Waals surface area contributed by atoms with Crippen LogP contribution in [0, 0.1) is 18.6 Å². The molecule has 0 atom stereocenters. The van der Waals surface area contributed by atoms with Gasteiger partial charge in [-0.15, -0.1) is 0 Å². The molecular weight excluding hydrogens is 272 g/mol. The van der Waals surface area contributed by atoms with Crippen LogP contribution in [0.5, 0.6) is 0 Å². The van der Waals surface area contributed by atoms with Gasteiger partial charge in [0.1, 0.15) is 11.6 Å². The number of halogens is 2. The number of amides is 1. The maximum absolute atomic E-state index is 13.8. The number of rotatable bonds is 1. The molecule has 3 rings (SSSR count). The van der Waals surface area contributed by atoms with Crippen molar-refractivity contribution >= 4 is 11.6 Å². The Morgan fingerprint density at radius 3 is 2.81 bits per heavy atom. The molecule has 0 saturated carbocycles. The van der Waals surface area contributed by atoms with Crippen molar-refractivity contribution in [1.82, 2.24) is 0 Å². The summed E-state index contributed by atoms with van der Waals surface area (Å²) in [6.45, 7) is 2.44. The van der Waals surface area contributed by atoms with E-state index in [0.717, 1.165) is 47.9 Å². The summed E-state index contributed by atoms with van der Waals surface area (Å²) in [7, 11) is 0. The number of aryl methyl sites for hydroxylation is 2. The molecule has 2 aromatic rings. The van der Waals surface area contributed by atoms with Crippen molar-refractivity contribution in [3.8, 4) is 0 Å². The first-order valence-corrected chi connectivity index (χ1v) is 6.93. The normalized spacial score (nSPS) is 14.0. The SMILES string of the molecule is Cc1cccc2c1N(C(=O)c1cc(F)ccc1F)CCC2. The van der Waals surface area contributed by atoms with Crippen molar-refractivity contribution in [2.75, 3.05) is 11.4 Å². The molecule has 0 bridgehead atoms. The van der Waals surface area contributed by atoms with Gasteiger partial charge in [0.15, 0.2) is 0 Å². The minimum Gasteiger partial charge on any atom is -0.308 e. The van der Waals surface area contributed by atoms with E-state index in [0.29, 0.717) is 6.54 Å². The zero-order valence-corrected chi connectivity index (χ0v) is 11.7. The summed E-state index contributed by atoms with van der Waals surface area (Å²) in [5.74, 6) is -1.79. The van der Waals surface area contributed by atoms with Gasteiger partial charge in [0.2, 0.25) is 0 Å². The van der Waals surface area contributed by atoms with Gasteiger partial charge in [0.25, 0.3) is 5.91 Å². The van der Waals surface area contributed by atoms with Gasteiger partial charge < -0.3 is 4.90 Å². The topological polar surface area (TPSA) is 20.3 Å². The third-order valence-corrected chi connectivity index (χ3v) is 3.82. The Bertz CT molecular complexity index is 712. The van der Waals surface area contributed by atoms with E-state index in [4.69, 9.17) is 0 Å². The van der Waals surface area contributed by atoms with Gasteiger partial charge >= 0.3 is 0 Å². The van der Waals surface area contributed by atoms with E-state index in [-0.39, 0.29) is 5.56 Å². The number of nitrogens with zero attached hydrogens (tertiary/aromatic N) is 1. The van der Waals surface area contributed by atoms with Crippen LogP contribution in [0.4, 0.5) is 14.5 Å². The zero-order valence-electron chi connectivity index (χ0n) is 11.7. The number of anilines is 1. The van der Waals surface area contributed by atoms with E-state index >= 15 is 0 Å². The number of carbonyl (C=O) groups is 1. The predicted molar refractivity (Wildman–Crippen MR) is 77.5 cm³/mol. The van der Waals surface area contributed by atoms with Crippen molar-refractivity contribution in [1.29, 1.82) is 0 Å². The molecule has 108 valence electrons. The first kappa shape index (κ1) is 13.7. The Morgan fingerprint density at radius 2 is 2.00 bits per heavy atom. The average molecular weight is 287 g/mol. The van der Waals surface area contributed by atoms with Gasteiger partial charge in [-0.25, -0.2) is 8.78 Å². The molecule has 1 aliphatic heterocycles. The third kappa shape index (κ3) is 2.42. The summed E-state index contributed by atoms with van der Waals surface area (Å²) in [5.41, 5.74) is 2.66. The Kier molecular flexibility index (Phi) is 3.45.